The molecule has 0 saturated heterocycles. The normalized spacial score (nSPS) is 9.17. The van der Waals surface area contributed by atoms with Crippen molar-refractivity contribution in [3.63, 3.8) is 0 Å². The van der Waals surface area contributed by atoms with E-state index in [-0.39, 0.29) is 18.2 Å². The Labute approximate surface area is 77.3 Å². The van der Waals surface area contributed by atoms with E-state index in [0.717, 1.165) is 12.0 Å². The second kappa shape index (κ2) is 5.94. The Morgan fingerprint density at radius 1 is 1.25 bits per heavy atom. The van der Waals surface area contributed by atoms with E-state index in [0.29, 0.717) is 6.54 Å². The predicted molar refractivity (Wildman–Crippen MR) is 49.5 cm³/mol. The maximum Gasteiger partial charge on any atom is 0.123 e. The van der Waals surface area contributed by atoms with Gasteiger partial charge in [-0.25, -0.2) is 4.39 Å². The number of nitrogens with one attached hydrogen (secondary N) is 1. The summed E-state index contributed by atoms with van der Waals surface area (Å²) < 4.78 is 12.4. The summed E-state index contributed by atoms with van der Waals surface area (Å²) in [6, 6.07) is 6.41. The first-order valence-electron chi connectivity index (χ1n) is 3.51. The lowest BCUT2D eigenvalue weighted by molar-refractivity contribution is 0.626. The first-order chi connectivity index (χ1) is 5.33. The molecule has 0 amide bonds. The van der Waals surface area contributed by atoms with Gasteiger partial charge in [-0.3, -0.25) is 11.3 Å². The SMILES string of the molecule is Cl.NNCCc1ccc(F)cc1. The lowest BCUT2D eigenvalue weighted by Gasteiger charge is -1.98. The van der Waals surface area contributed by atoms with Gasteiger partial charge in [-0.2, -0.15) is 0 Å². The van der Waals surface area contributed by atoms with E-state index >= 15 is 0 Å². The van der Waals surface area contributed by atoms with E-state index in [4.69, 9.17) is 5.84 Å². The molecular weight excluding hydrogens is 179 g/mol. The number of hydrazine groups is 1. The molecule has 0 unspecified atom stereocenters. The van der Waals surface area contributed by atoms with Crippen molar-refractivity contribution in [2.45, 2.75) is 6.42 Å². The summed E-state index contributed by atoms with van der Waals surface area (Å²) in [7, 11) is 0. The highest BCUT2D eigenvalue weighted by atomic mass is 35.5. The summed E-state index contributed by atoms with van der Waals surface area (Å²) in [4.78, 5) is 0. The van der Waals surface area contributed by atoms with Crippen LogP contribution in [-0.2, 0) is 6.42 Å². The maximum atomic E-state index is 12.4. The second-order valence-electron chi connectivity index (χ2n) is 2.33. The third-order valence-corrected chi connectivity index (χ3v) is 1.47. The van der Waals surface area contributed by atoms with Crippen LogP contribution in [0.1, 0.15) is 5.56 Å². The monoisotopic (exact) mass is 190 g/mol. The molecule has 0 radical (unpaired) electrons. The molecule has 1 aromatic carbocycles. The zero-order valence-corrected chi connectivity index (χ0v) is 7.40. The van der Waals surface area contributed by atoms with Crippen LogP contribution in [0.15, 0.2) is 24.3 Å². The van der Waals surface area contributed by atoms with Gasteiger partial charge in [-0.05, 0) is 24.1 Å². The summed E-state index contributed by atoms with van der Waals surface area (Å²) >= 11 is 0. The van der Waals surface area contributed by atoms with Gasteiger partial charge in [0.05, 0.1) is 0 Å². The van der Waals surface area contributed by atoms with Crippen molar-refractivity contribution in [3.05, 3.63) is 35.6 Å². The standard InChI is InChI=1S/C8H11FN2.ClH/c9-8-3-1-7(2-4-8)5-6-11-10;/h1-4,11H,5-6,10H2;1H. The van der Waals surface area contributed by atoms with Crippen LogP contribution in [-0.4, -0.2) is 6.54 Å². The third kappa shape index (κ3) is 3.67. The lowest BCUT2D eigenvalue weighted by Crippen LogP contribution is -2.24. The summed E-state index contributed by atoms with van der Waals surface area (Å²) in [5.74, 6) is 4.88. The minimum Gasteiger partial charge on any atom is -0.271 e. The first-order valence-corrected chi connectivity index (χ1v) is 3.51. The van der Waals surface area contributed by atoms with Crippen LogP contribution in [0, 0.1) is 5.82 Å². The molecule has 0 aliphatic heterocycles. The van der Waals surface area contributed by atoms with Crippen molar-refractivity contribution in [2.24, 2.45) is 5.84 Å². The average molecular weight is 191 g/mol. The molecule has 0 saturated carbocycles. The van der Waals surface area contributed by atoms with Gasteiger partial charge in [-0.1, -0.05) is 12.1 Å². The zero-order chi connectivity index (χ0) is 8.10. The summed E-state index contributed by atoms with van der Waals surface area (Å²) in [6.45, 7) is 0.714. The molecule has 0 bridgehead atoms. The number of nitrogens with two attached hydrogens (primary N) is 1. The molecule has 68 valence electrons. The fourth-order valence-corrected chi connectivity index (χ4v) is 0.868. The molecule has 12 heavy (non-hydrogen) atoms. The van der Waals surface area contributed by atoms with Crippen LogP contribution in [0.25, 0.3) is 0 Å². The van der Waals surface area contributed by atoms with Crippen LogP contribution in [0.2, 0.25) is 0 Å². The van der Waals surface area contributed by atoms with Gasteiger partial charge >= 0.3 is 0 Å². The van der Waals surface area contributed by atoms with Crippen LogP contribution in [0.4, 0.5) is 4.39 Å². The van der Waals surface area contributed by atoms with Crippen molar-refractivity contribution in [2.75, 3.05) is 6.54 Å². The Morgan fingerprint density at radius 3 is 2.33 bits per heavy atom. The number of rotatable bonds is 3. The molecule has 0 spiro atoms. The maximum absolute atomic E-state index is 12.4. The quantitative estimate of drug-likeness (QED) is 0.556. The van der Waals surface area contributed by atoms with E-state index in [1.165, 1.54) is 12.1 Å². The van der Waals surface area contributed by atoms with Crippen LogP contribution < -0.4 is 11.3 Å². The Morgan fingerprint density at radius 2 is 1.83 bits per heavy atom. The highest BCUT2D eigenvalue weighted by Crippen LogP contribution is 2.02. The van der Waals surface area contributed by atoms with E-state index < -0.39 is 0 Å². The van der Waals surface area contributed by atoms with Gasteiger partial charge in [-0.15, -0.1) is 12.4 Å². The number of hydrogen-bond donors (Lipinski definition) is 2. The molecule has 4 heteroatoms. The minimum atomic E-state index is -0.200. The van der Waals surface area contributed by atoms with E-state index in [9.17, 15) is 4.39 Å². The van der Waals surface area contributed by atoms with Gasteiger partial charge in [0.1, 0.15) is 5.82 Å². The van der Waals surface area contributed by atoms with Crippen molar-refractivity contribution >= 4 is 12.4 Å². The lowest BCUT2D eigenvalue weighted by atomic mass is 10.1. The second-order valence-corrected chi connectivity index (χ2v) is 2.33. The molecule has 1 aromatic rings. The summed E-state index contributed by atoms with van der Waals surface area (Å²) in [5.41, 5.74) is 3.62. The molecule has 0 fully saturated rings. The number of halogens is 2. The van der Waals surface area contributed by atoms with Gasteiger partial charge in [0.15, 0.2) is 0 Å². The summed E-state index contributed by atoms with van der Waals surface area (Å²) in [6.07, 6.45) is 0.830. The van der Waals surface area contributed by atoms with Crippen LogP contribution in [0.3, 0.4) is 0 Å². The number of benzene rings is 1. The Hall–Kier alpha value is -0.640. The molecule has 2 nitrogen and oxygen atoms in total. The fraction of sp³-hybridized carbons (Fsp3) is 0.250. The van der Waals surface area contributed by atoms with Crippen molar-refractivity contribution in [1.82, 2.24) is 5.43 Å². The van der Waals surface area contributed by atoms with E-state index in [1.807, 2.05) is 0 Å². The van der Waals surface area contributed by atoms with E-state index in [1.54, 1.807) is 12.1 Å². The molecule has 0 heterocycles. The molecule has 0 aromatic heterocycles. The highest BCUT2D eigenvalue weighted by molar-refractivity contribution is 5.85. The largest absolute Gasteiger partial charge is 0.271 e. The zero-order valence-electron chi connectivity index (χ0n) is 6.59. The van der Waals surface area contributed by atoms with Crippen molar-refractivity contribution < 1.29 is 4.39 Å². The summed E-state index contributed by atoms with van der Waals surface area (Å²) in [5, 5.41) is 0. The number of hydrogen-bond acceptors (Lipinski definition) is 2. The molecule has 0 aliphatic rings. The van der Waals surface area contributed by atoms with Crippen LogP contribution in [0.5, 0.6) is 0 Å². The van der Waals surface area contributed by atoms with Gasteiger partial charge in [0.25, 0.3) is 0 Å². The Balaban J connectivity index is 0.00000121. The fourth-order valence-electron chi connectivity index (χ4n) is 0.868. The average Bonchev–Trinajstić information content (AvgIpc) is 2.04. The van der Waals surface area contributed by atoms with Crippen LogP contribution >= 0.6 is 12.4 Å². The minimum absolute atomic E-state index is 0. The van der Waals surface area contributed by atoms with Gasteiger partial charge in [0, 0.05) is 6.54 Å². The first kappa shape index (κ1) is 11.4. The third-order valence-electron chi connectivity index (χ3n) is 1.47. The smallest absolute Gasteiger partial charge is 0.123 e. The topological polar surface area (TPSA) is 38.0 Å². The molecular formula is C8H12ClFN2. The van der Waals surface area contributed by atoms with Crippen molar-refractivity contribution in [1.29, 1.82) is 0 Å². The molecule has 3 N–H and O–H groups in total. The molecule has 1 rings (SSSR count). The van der Waals surface area contributed by atoms with Crippen molar-refractivity contribution in [3.8, 4) is 0 Å². The van der Waals surface area contributed by atoms with E-state index in [2.05, 4.69) is 5.43 Å². The predicted octanol–water partition coefficient (Wildman–Crippen LogP) is 1.25. The highest BCUT2D eigenvalue weighted by Gasteiger charge is 1.91. The Bertz CT molecular complexity index is 213. The molecule has 0 aliphatic carbocycles. The van der Waals surface area contributed by atoms with Gasteiger partial charge in [0.2, 0.25) is 0 Å². The van der Waals surface area contributed by atoms with Gasteiger partial charge < -0.3 is 0 Å². The Kier molecular flexibility index (Phi) is 5.62. The molecule has 0 atom stereocenters.